The van der Waals surface area contributed by atoms with Gasteiger partial charge in [-0.1, -0.05) is 60.7 Å². The van der Waals surface area contributed by atoms with Crippen molar-refractivity contribution < 1.29 is 28.7 Å². The molecule has 0 saturated carbocycles. The third kappa shape index (κ3) is 4.35. The Kier molecular flexibility index (Phi) is 6.27. The molecule has 0 radical (unpaired) electrons. The summed E-state index contributed by atoms with van der Waals surface area (Å²) in [6.07, 6.45) is 3.27. The minimum atomic E-state index is -1.60. The van der Waals surface area contributed by atoms with Crippen molar-refractivity contribution in [3.8, 4) is 0 Å². The number of urea groups is 1. The number of carbonyl (C=O) groups is 4. The van der Waals surface area contributed by atoms with Crippen molar-refractivity contribution in [1.82, 2.24) is 4.90 Å². The first-order valence-corrected chi connectivity index (χ1v) is 11.6. The first-order chi connectivity index (χ1) is 17.9. The summed E-state index contributed by atoms with van der Waals surface area (Å²) in [4.78, 5) is 55.1. The Morgan fingerprint density at radius 3 is 2.05 bits per heavy atom. The number of nitrogens with one attached hydrogen (secondary N) is 1. The molecule has 186 valence electrons. The molecule has 0 aliphatic carbocycles. The van der Waals surface area contributed by atoms with Crippen molar-refractivity contribution in [2.75, 3.05) is 10.2 Å². The largest absolute Gasteiger partial charge is 0.480 e. The maximum atomic E-state index is 13.6. The Labute approximate surface area is 211 Å². The van der Waals surface area contributed by atoms with E-state index in [0.29, 0.717) is 5.69 Å². The van der Waals surface area contributed by atoms with Gasteiger partial charge in [0.2, 0.25) is 11.8 Å². The fourth-order valence-corrected chi connectivity index (χ4v) is 5.01. The lowest BCUT2D eigenvalue weighted by molar-refractivity contribution is -0.144. The smallest absolute Gasteiger partial charge is 0.327 e. The number of nitrogens with zero attached hydrogens (tertiary/aromatic N) is 2. The summed E-state index contributed by atoms with van der Waals surface area (Å²) in [5, 5.41) is 12.7. The number of carbonyl (C=O) groups excluding carboxylic acids is 3. The van der Waals surface area contributed by atoms with Gasteiger partial charge in [-0.15, -0.1) is 0 Å². The van der Waals surface area contributed by atoms with E-state index in [1.165, 1.54) is 12.1 Å². The second-order valence-electron chi connectivity index (χ2n) is 8.79. The number of para-hydroxylation sites is 1. The van der Waals surface area contributed by atoms with Crippen molar-refractivity contribution in [1.29, 1.82) is 0 Å². The van der Waals surface area contributed by atoms with Gasteiger partial charge in [-0.25, -0.2) is 18.9 Å². The van der Waals surface area contributed by atoms with Crippen LogP contribution in [-0.4, -0.2) is 45.9 Å². The van der Waals surface area contributed by atoms with Gasteiger partial charge in [-0.05, 0) is 42.0 Å². The number of likely N-dealkylation sites (tertiary alicyclic amines) is 1. The molecule has 9 heteroatoms. The summed E-state index contributed by atoms with van der Waals surface area (Å²) in [6, 6.07) is 18.9. The van der Waals surface area contributed by atoms with E-state index in [-0.39, 0.29) is 5.69 Å². The van der Waals surface area contributed by atoms with Gasteiger partial charge in [-0.2, -0.15) is 0 Å². The monoisotopic (exact) mass is 499 g/mol. The number of carboxylic acid groups (broad SMARTS) is 1. The highest BCUT2D eigenvalue weighted by Crippen LogP contribution is 2.45. The average molecular weight is 499 g/mol. The molecule has 2 aliphatic rings. The summed E-state index contributed by atoms with van der Waals surface area (Å²) in [5.41, 5.74) is 1.35. The first-order valence-electron chi connectivity index (χ1n) is 11.6. The van der Waals surface area contributed by atoms with Crippen molar-refractivity contribution in [3.05, 3.63) is 102 Å². The molecule has 2 fully saturated rings. The second-order valence-corrected chi connectivity index (χ2v) is 8.79. The number of carboxylic acids is 1. The maximum absolute atomic E-state index is 13.6. The molecule has 37 heavy (non-hydrogen) atoms. The topological polar surface area (TPSA) is 107 Å². The Bertz CT molecular complexity index is 1380. The molecule has 0 aromatic heterocycles. The van der Waals surface area contributed by atoms with Crippen LogP contribution in [0.2, 0.25) is 0 Å². The number of aliphatic carboxylic acids is 1. The predicted octanol–water partition coefficient (Wildman–Crippen LogP) is 4.01. The van der Waals surface area contributed by atoms with Crippen LogP contribution in [0, 0.1) is 17.7 Å². The summed E-state index contributed by atoms with van der Waals surface area (Å²) < 4.78 is 13.3. The zero-order valence-corrected chi connectivity index (χ0v) is 19.4. The summed E-state index contributed by atoms with van der Waals surface area (Å²) in [7, 11) is 0. The molecular weight excluding hydrogens is 477 g/mol. The van der Waals surface area contributed by atoms with Gasteiger partial charge in [0.1, 0.15) is 11.9 Å². The van der Waals surface area contributed by atoms with E-state index in [0.717, 1.165) is 27.5 Å². The van der Waals surface area contributed by atoms with Crippen LogP contribution in [0.25, 0.3) is 6.08 Å². The van der Waals surface area contributed by atoms with E-state index in [1.54, 1.807) is 42.5 Å². The average Bonchev–Trinajstić information content (AvgIpc) is 3.37. The summed E-state index contributed by atoms with van der Waals surface area (Å²) in [6.45, 7) is 0. The molecule has 3 aromatic rings. The molecule has 4 amide bonds. The Hall–Kier alpha value is -4.79. The highest BCUT2D eigenvalue weighted by atomic mass is 19.1. The standard InChI is InChI=1S/C28H22FN3O5/c29-18-12-14-19(15-13-18)30-28(37)32-21(16-11-17-7-3-1-4-8-17)22-23(24(32)27(35)36)26(34)31(25(22)33)20-9-5-2-6-10-20/h1-16,21-24H,(H,30,37)(H,35,36). The Morgan fingerprint density at radius 1 is 0.838 bits per heavy atom. The Balaban J connectivity index is 1.56. The number of halogens is 1. The number of rotatable bonds is 5. The van der Waals surface area contributed by atoms with Gasteiger partial charge in [-0.3, -0.25) is 9.59 Å². The molecular formula is C28H22FN3O5. The van der Waals surface area contributed by atoms with Gasteiger partial charge >= 0.3 is 12.0 Å². The van der Waals surface area contributed by atoms with Gasteiger partial charge in [0.05, 0.1) is 23.6 Å². The summed E-state index contributed by atoms with van der Waals surface area (Å²) >= 11 is 0. The fraction of sp³-hybridized carbons (Fsp3) is 0.143. The minimum Gasteiger partial charge on any atom is -0.480 e. The molecule has 2 heterocycles. The number of imide groups is 1. The highest BCUT2D eigenvalue weighted by Gasteiger charge is 2.65. The van der Waals surface area contributed by atoms with E-state index in [1.807, 2.05) is 30.3 Å². The molecule has 5 rings (SSSR count). The van der Waals surface area contributed by atoms with Gasteiger partial charge < -0.3 is 15.3 Å². The number of anilines is 2. The number of benzene rings is 3. The Morgan fingerprint density at radius 2 is 1.43 bits per heavy atom. The predicted molar refractivity (Wildman–Crippen MR) is 134 cm³/mol. The zero-order valence-electron chi connectivity index (χ0n) is 19.4. The van der Waals surface area contributed by atoms with Gasteiger partial charge in [0.15, 0.2) is 0 Å². The van der Waals surface area contributed by atoms with Crippen LogP contribution in [0.4, 0.5) is 20.6 Å². The SMILES string of the molecule is O=C(O)C1C2C(=O)N(c3ccccc3)C(=O)C2C(C=Cc2ccccc2)N1C(=O)Nc1ccc(F)cc1. The first kappa shape index (κ1) is 23.9. The van der Waals surface area contributed by atoms with Crippen LogP contribution in [0.1, 0.15) is 5.56 Å². The van der Waals surface area contributed by atoms with E-state index in [4.69, 9.17) is 0 Å². The van der Waals surface area contributed by atoms with Crippen molar-refractivity contribution >= 4 is 41.3 Å². The number of fused-ring (bicyclic) bond motifs is 1. The molecule has 0 bridgehead atoms. The van der Waals surface area contributed by atoms with Crippen LogP contribution < -0.4 is 10.2 Å². The summed E-state index contributed by atoms with van der Waals surface area (Å²) in [5.74, 6) is -5.55. The molecule has 8 nitrogen and oxygen atoms in total. The highest BCUT2D eigenvalue weighted by molar-refractivity contribution is 6.24. The normalized spacial score (nSPS) is 22.9. The number of amides is 4. The van der Waals surface area contributed by atoms with Crippen LogP contribution in [0.15, 0.2) is 91.0 Å². The molecule has 4 atom stereocenters. The van der Waals surface area contributed by atoms with E-state index >= 15 is 0 Å². The third-order valence-corrected chi connectivity index (χ3v) is 6.61. The fourth-order valence-electron chi connectivity index (χ4n) is 5.01. The van der Waals surface area contributed by atoms with Gasteiger partial charge in [0, 0.05) is 5.69 Å². The minimum absolute atomic E-state index is 0.238. The van der Waals surface area contributed by atoms with Crippen molar-refractivity contribution in [3.63, 3.8) is 0 Å². The second kappa shape index (κ2) is 9.69. The van der Waals surface area contributed by atoms with Crippen LogP contribution in [0.5, 0.6) is 0 Å². The third-order valence-electron chi connectivity index (χ3n) is 6.61. The lowest BCUT2D eigenvalue weighted by atomic mass is 9.89. The molecule has 2 N–H and O–H groups in total. The van der Waals surface area contributed by atoms with Gasteiger partial charge in [0.25, 0.3) is 0 Å². The van der Waals surface area contributed by atoms with Crippen LogP contribution in [0.3, 0.4) is 0 Å². The van der Waals surface area contributed by atoms with E-state index in [2.05, 4.69) is 5.32 Å². The lowest BCUT2D eigenvalue weighted by Gasteiger charge is -2.30. The van der Waals surface area contributed by atoms with E-state index in [9.17, 15) is 28.7 Å². The van der Waals surface area contributed by atoms with Crippen LogP contribution in [-0.2, 0) is 14.4 Å². The maximum Gasteiger partial charge on any atom is 0.327 e. The molecule has 2 aliphatic heterocycles. The molecule has 0 spiro atoms. The molecule has 2 saturated heterocycles. The molecule has 4 unspecified atom stereocenters. The van der Waals surface area contributed by atoms with E-state index < -0.39 is 53.6 Å². The quantitative estimate of drug-likeness (QED) is 0.516. The zero-order chi connectivity index (χ0) is 26.1. The van der Waals surface area contributed by atoms with Crippen molar-refractivity contribution in [2.45, 2.75) is 12.1 Å². The lowest BCUT2D eigenvalue weighted by Crippen LogP contribution is -2.51. The number of hydrogen-bond donors (Lipinski definition) is 2. The number of hydrogen-bond acceptors (Lipinski definition) is 4. The molecule has 3 aromatic carbocycles. The van der Waals surface area contributed by atoms with Crippen molar-refractivity contribution in [2.24, 2.45) is 11.8 Å². The van der Waals surface area contributed by atoms with Crippen LogP contribution >= 0.6 is 0 Å².